The second kappa shape index (κ2) is 9.50. The van der Waals surface area contributed by atoms with E-state index >= 15 is 0 Å². The highest BCUT2D eigenvalue weighted by atomic mass is 16.5. The van der Waals surface area contributed by atoms with Gasteiger partial charge in [-0.25, -0.2) is 4.79 Å². The molecule has 2 rings (SSSR count). The Morgan fingerprint density at radius 3 is 2.00 bits per heavy atom. The quantitative estimate of drug-likeness (QED) is 0.694. The SMILES string of the molecule is COc1ccc(OC)c(NC(=O)COC(=O)c2cc(OC)c(C)c(OC)c2)c1. The number of hydrogen-bond donors (Lipinski definition) is 1. The van der Waals surface area contributed by atoms with Crippen molar-refractivity contribution < 1.29 is 33.3 Å². The highest BCUT2D eigenvalue weighted by molar-refractivity contribution is 5.97. The van der Waals surface area contributed by atoms with Gasteiger partial charge in [0.2, 0.25) is 0 Å². The summed E-state index contributed by atoms with van der Waals surface area (Å²) in [4.78, 5) is 24.5. The Hall–Kier alpha value is -3.42. The van der Waals surface area contributed by atoms with Crippen molar-refractivity contribution in [1.82, 2.24) is 0 Å². The molecule has 0 spiro atoms. The highest BCUT2D eigenvalue weighted by Gasteiger charge is 2.17. The molecule has 0 aliphatic heterocycles. The van der Waals surface area contributed by atoms with Crippen LogP contribution in [0.2, 0.25) is 0 Å². The van der Waals surface area contributed by atoms with E-state index in [-0.39, 0.29) is 5.56 Å². The standard InChI is InChI=1S/C20H23NO7/c1-12-17(26-4)8-13(9-18(12)27-5)20(23)28-11-19(22)21-15-10-14(24-2)6-7-16(15)25-3/h6-10H,11H2,1-5H3,(H,21,22). The summed E-state index contributed by atoms with van der Waals surface area (Å²) in [7, 11) is 5.98. The number of amides is 1. The molecule has 1 N–H and O–H groups in total. The molecule has 0 radical (unpaired) electrons. The predicted molar refractivity (Wildman–Crippen MR) is 103 cm³/mol. The number of hydrogen-bond acceptors (Lipinski definition) is 7. The average molecular weight is 389 g/mol. The first-order valence-corrected chi connectivity index (χ1v) is 8.35. The van der Waals surface area contributed by atoms with Gasteiger partial charge in [0.25, 0.3) is 5.91 Å². The van der Waals surface area contributed by atoms with E-state index in [0.717, 1.165) is 5.56 Å². The molecule has 8 heteroatoms. The van der Waals surface area contributed by atoms with Crippen LogP contribution < -0.4 is 24.3 Å². The van der Waals surface area contributed by atoms with Gasteiger partial charge in [-0.1, -0.05) is 0 Å². The summed E-state index contributed by atoms with van der Waals surface area (Å²) in [6, 6.07) is 8.03. The first-order valence-electron chi connectivity index (χ1n) is 8.35. The third-order valence-corrected chi connectivity index (χ3v) is 4.00. The lowest BCUT2D eigenvalue weighted by Gasteiger charge is -2.13. The summed E-state index contributed by atoms with van der Waals surface area (Å²) in [6.45, 7) is 1.33. The molecule has 0 aliphatic rings. The topological polar surface area (TPSA) is 92.3 Å². The fourth-order valence-corrected chi connectivity index (χ4v) is 2.52. The zero-order valence-corrected chi connectivity index (χ0v) is 16.5. The van der Waals surface area contributed by atoms with Crippen LogP contribution in [0.4, 0.5) is 5.69 Å². The molecule has 0 aromatic heterocycles. The molecule has 28 heavy (non-hydrogen) atoms. The fraction of sp³-hybridized carbons (Fsp3) is 0.300. The normalized spacial score (nSPS) is 10.0. The van der Waals surface area contributed by atoms with Crippen LogP contribution in [0.5, 0.6) is 23.0 Å². The third kappa shape index (κ3) is 4.85. The van der Waals surface area contributed by atoms with Crippen molar-refractivity contribution in [3.05, 3.63) is 41.5 Å². The number of rotatable bonds is 8. The summed E-state index contributed by atoms with van der Waals surface area (Å²) in [5.74, 6) is 0.768. The maximum absolute atomic E-state index is 12.3. The summed E-state index contributed by atoms with van der Waals surface area (Å²) in [6.07, 6.45) is 0. The Kier molecular flexibility index (Phi) is 7.08. The monoisotopic (exact) mass is 389 g/mol. The van der Waals surface area contributed by atoms with Crippen molar-refractivity contribution in [2.75, 3.05) is 40.4 Å². The van der Waals surface area contributed by atoms with Crippen LogP contribution in [-0.4, -0.2) is 46.9 Å². The Morgan fingerprint density at radius 2 is 1.46 bits per heavy atom. The summed E-state index contributed by atoms with van der Waals surface area (Å²) in [5, 5.41) is 2.63. The summed E-state index contributed by atoms with van der Waals surface area (Å²) in [5.41, 5.74) is 1.37. The molecular weight excluding hydrogens is 366 g/mol. The van der Waals surface area contributed by atoms with Crippen LogP contribution in [0.3, 0.4) is 0 Å². The van der Waals surface area contributed by atoms with E-state index in [1.54, 1.807) is 18.2 Å². The molecule has 0 unspecified atom stereocenters. The van der Waals surface area contributed by atoms with Crippen molar-refractivity contribution in [2.24, 2.45) is 0 Å². The lowest BCUT2D eigenvalue weighted by Crippen LogP contribution is -2.21. The van der Waals surface area contributed by atoms with Crippen molar-refractivity contribution >= 4 is 17.6 Å². The predicted octanol–water partition coefficient (Wildman–Crippen LogP) is 2.82. The molecule has 0 heterocycles. The van der Waals surface area contributed by atoms with Gasteiger partial charge in [0.15, 0.2) is 6.61 Å². The van der Waals surface area contributed by atoms with E-state index in [4.69, 9.17) is 23.7 Å². The van der Waals surface area contributed by atoms with Gasteiger partial charge in [-0.2, -0.15) is 0 Å². The van der Waals surface area contributed by atoms with E-state index in [1.807, 2.05) is 6.92 Å². The van der Waals surface area contributed by atoms with E-state index < -0.39 is 18.5 Å². The zero-order chi connectivity index (χ0) is 20.7. The van der Waals surface area contributed by atoms with Crippen molar-refractivity contribution in [3.63, 3.8) is 0 Å². The number of benzene rings is 2. The molecule has 0 aliphatic carbocycles. The van der Waals surface area contributed by atoms with Gasteiger partial charge in [0.05, 0.1) is 39.7 Å². The first-order chi connectivity index (χ1) is 13.4. The molecule has 8 nitrogen and oxygen atoms in total. The summed E-state index contributed by atoms with van der Waals surface area (Å²) < 4.78 is 25.9. The van der Waals surface area contributed by atoms with Crippen molar-refractivity contribution in [3.8, 4) is 23.0 Å². The highest BCUT2D eigenvalue weighted by Crippen LogP contribution is 2.30. The number of esters is 1. The molecule has 1 amide bonds. The third-order valence-electron chi connectivity index (χ3n) is 4.00. The molecule has 0 atom stereocenters. The van der Waals surface area contributed by atoms with Gasteiger partial charge in [-0.3, -0.25) is 4.79 Å². The van der Waals surface area contributed by atoms with E-state index in [9.17, 15) is 9.59 Å². The van der Waals surface area contributed by atoms with E-state index in [1.165, 1.54) is 40.6 Å². The maximum atomic E-state index is 12.3. The second-order valence-electron chi connectivity index (χ2n) is 5.70. The van der Waals surface area contributed by atoms with Gasteiger partial charge in [0.1, 0.15) is 23.0 Å². The van der Waals surface area contributed by atoms with E-state index in [0.29, 0.717) is 28.7 Å². The van der Waals surface area contributed by atoms with Crippen LogP contribution in [0.15, 0.2) is 30.3 Å². The number of nitrogens with one attached hydrogen (secondary N) is 1. The van der Waals surface area contributed by atoms with Gasteiger partial charge in [0, 0.05) is 11.6 Å². The molecule has 2 aromatic carbocycles. The number of carbonyl (C=O) groups excluding carboxylic acids is 2. The average Bonchev–Trinajstić information content (AvgIpc) is 2.71. The minimum Gasteiger partial charge on any atom is -0.497 e. The second-order valence-corrected chi connectivity index (χ2v) is 5.70. The zero-order valence-electron chi connectivity index (χ0n) is 16.5. The lowest BCUT2D eigenvalue weighted by atomic mass is 10.1. The molecule has 0 saturated heterocycles. The minimum absolute atomic E-state index is 0.214. The number of ether oxygens (including phenoxy) is 5. The van der Waals surface area contributed by atoms with Crippen LogP contribution in [0.1, 0.15) is 15.9 Å². The number of anilines is 1. The molecule has 0 bridgehead atoms. The van der Waals surface area contributed by atoms with Crippen LogP contribution >= 0.6 is 0 Å². The number of methoxy groups -OCH3 is 4. The fourth-order valence-electron chi connectivity index (χ4n) is 2.52. The van der Waals surface area contributed by atoms with Crippen molar-refractivity contribution in [1.29, 1.82) is 0 Å². The molecule has 0 saturated carbocycles. The lowest BCUT2D eigenvalue weighted by molar-refractivity contribution is -0.119. The minimum atomic E-state index is -0.677. The number of carbonyl (C=O) groups is 2. The molecular formula is C20H23NO7. The largest absolute Gasteiger partial charge is 0.497 e. The van der Waals surface area contributed by atoms with Gasteiger partial charge in [-0.05, 0) is 31.2 Å². The van der Waals surface area contributed by atoms with E-state index in [2.05, 4.69) is 5.32 Å². The van der Waals surface area contributed by atoms with Crippen molar-refractivity contribution in [2.45, 2.75) is 6.92 Å². The Labute approximate surface area is 163 Å². The molecule has 150 valence electrons. The Morgan fingerprint density at radius 1 is 0.857 bits per heavy atom. The van der Waals surface area contributed by atoms with Gasteiger partial charge >= 0.3 is 5.97 Å². The Bertz CT molecular complexity index is 839. The van der Waals surface area contributed by atoms with Gasteiger partial charge in [-0.15, -0.1) is 0 Å². The van der Waals surface area contributed by atoms with Crippen LogP contribution in [0, 0.1) is 6.92 Å². The molecule has 2 aromatic rings. The molecule has 0 fully saturated rings. The maximum Gasteiger partial charge on any atom is 0.338 e. The Balaban J connectivity index is 2.06. The smallest absolute Gasteiger partial charge is 0.338 e. The van der Waals surface area contributed by atoms with Crippen LogP contribution in [0.25, 0.3) is 0 Å². The van der Waals surface area contributed by atoms with Crippen LogP contribution in [-0.2, 0) is 9.53 Å². The first kappa shape index (κ1) is 20.9. The summed E-state index contributed by atoms with van der Waals surface area (Å²) >= 11 is 0. The van der Waals surface area contributed by atoms with Gasteiger partial charge < -0.3 is 29.0 Å².